The van der Waals surface area contributed by atoms with Crippen molar-refractivity contribution in [3.8, 4) is 17.2 Å². The molecule has 0 radical (unpaired) electrons. The van der Waals surface area contributed by atoms with Crippen molar-refractivity contribution in [2.45, 2.75) is 58.0 Å². The maximum Gasteiger partial charge on any atom is 0.222 e. The van der Waals surface area contributed by atoms with Gasteiger partial charge in [-0.25, -0.2) is 9.97 Å². The van der Waals surface area contributed by atoms with Crippen LogP contribution in [-0.2, 0) is 4.79 Å². The van der Waals surface area contributed by atoms with Gasteiger partial charge in [0.25, 0.3) is 0 Å². The zero-order valence-electron chi connectivity index (χ0n) is 22.0. The van der Waals surface area contributed by atoms with Crippen LogP contribution in [0.3, 0.4) is 0 Å². The van der Waals surface area contributed by atoms with Crippen molar-refractivity contribution in [2.24, 2.45) is 5.92 Å². The third-order valence-electron chi connectivity index (χ3n) is 7.60. The molecule has 0 bridgehead atoms. The van der Waals surface area contributed by atoms with Gasteiger partial charge in [-0.15, -0.1) is 0 Å². The third-order valence-corrected chi connectivity index (χ3v) is 7.60. The van der Waals surface area contributed by atoms with Crippen LogP contribution in [0.5, 0.6) is 17.2 Å². The highest BCUT2D eigenvalue weighted by Gasteiger charge is 2.27. The van der Waals surface area contributed by atoms with E-state index < -0.39 is 0 Å². The van der Waals surface area contributed by atoms with Gasteiger partial charge < -0.3 is 24.4 Å². The van der Waals surface area contributed by atoms with Crippen LogP contribution in [0.2, 0.25) is 0 Å². The van der Waals surface area contributed by atoms with Crippen LogP contribution in [0.25, 0.3) is 10.9 Å². The number of hydrogen-bond donors (Lipinski definition) is 1. The number of nitrogens with one attached hydrogen (secondary N) is 1. The summed E-state index contributed by atoms with van der Waals surface area (Å²) in [6, 6.07) is 9.78. The van der Waals surface area contributed by atoms with Crippen molar-refractivity contribution < 1.29 is 19.0 Å². The van der Waals surface area contributed by atoms with Gasteiger partial charge in [-0.05, 0) is 55.5 Å². The Morgan fingerprint density at radius 2 is 1.70 bits per heavy atom. The second-order valence-corrected chi connectivity index (χ2v) is 10.1. The van der Waals surface area contributed by atoms with E-state index in [1.807, 2.05) is 36.1 Å². The van der Waals surface area contributed by atoms with Gasteiger partial charge in [0.15, 0.2) is 11.5 Å². The predicted octanol–water partition coefficient (Wildman–Crippen LogP) is 5.65. The van der Waals surface area contributed by atoms with Gasteiger partial charge >= 0.3 is 0 Å². The van der Waals surface area contributed by atoms with Gasteiger partial charge in [0, 0.05) is 49.5 Å². The zero-order valence-corrected chi connectivity index (χ0v) is 22.0. The van der Waals surface area contributed by atoms with Crippen LogP contribution >= 0.6 is 0 Å². The summed E-state index contributed by atoms with van der Waals surface area (Å²) in [6.45, 7) is 3.61. The molecule has 3 aromatic rings. The largest absolute Gasteiger partial charge is 0.493 e. The van der Waals surface area contributed by atoms with E-state index in [4.69, 9.17) is 14.2 Å². The number of likely N-dealkylation sites (tertiary alicyclic amines) is 1. The Balaban J connectivity index is 1.21. The van der Waals surface area contributed by atoms with Crippen molar-refractivity contribution in [3.05, 3.63) is 42.2 Å². The highest BCUT2D eigenvalue weighted by atomic mass is 16.5. The van der Waals surface area contributed by atoms with E-state index in [-0.39, 0.29) is 6.10 Å². The minimum absolute atomic E-state index is 0.126. The first-order chi connectivity index (χ1) is 18.0. The lowest BCUT2D eigenvalue weighted by atomic mass is 10.0. The molecule has 1 saturated heterocycles. The molecular formula is C29H36N4O4. The molecule has 1 aromatic heterocycles. The molecule has 1 N–H and O–H groups in total. The maximum absolute atomic E-state index is 12.7. The van der Waals surface area contributed by atoms with Crippen LogP contribution in [0, 0.1) is 12.8 Å². The Bertz CT molecular complexity index is 1250. The standard InChI is InChI=1S/C29H36N4O4/c1-19-14-21(32-29-23-16-26(35-2)27(36-3)17-24(23)30-18-31-29)8-9-25(19)37-22-10-12-33(13-11-22)28(34)15-20-6-4-5-7-20/h8-9,14,16-18,20,22H,4-7,10-13,15H2,1-3H3,(H,30,31,32). The lowest BCUT2D eigenvalue weighted by Crippen LogP contribution is -2.42. The van der Waals surface area contributed by atoms with Gasteiger partial charge in [0.2, 0.25) is 5.91 Å². The second kappa shape index (κ2) is 11.2. The molecule has 2 aliphatic rings. The van der Waals surface area contributed by atoms with Crippen LogP contribution < -0.4 is 19.5 Å². The number of ether oxygens (including phenoxy) is 3. The fourth-order valence-electron chi connectivity index (χ4n) is 5.47. The van der Waals surface area contributed by atoms with Crippen molar-refractivity contribution >= 4 is 28.3 Å². The number of aryl methyl sites for hydroxylation is 1. The number of nitrogens with zero attached hydrogens (tertiary/aromatic N) is 3. The molecule has 8 nitrogen and oxygen atoms in total. The summed E-state index contributed by atoms with van der Waals surface area (Å²) in [5, 5.41) is 4.25. The number of methoxy groups -OCH3 is 2. The number of piperidine rings is 1. The lowest BCUT2D eigenvalue weighted by Gasteiger charge is -2.33. The summed E-state index contributed by atoms with van der Waals surface area (Å²) >= 11 is 0. The third kappa shape index (κ3) is 5.73. The van der Waals surface area contributed by atoms with E-state index in [1.54, 1.807) is 14.2 Å². The van der Waals surface area contributed by atoms with Crippen LogP contribution in [-0.4, -0.2) is 54.2 Å². The van der Waals surface area contributed by atoms with E-state index in [1.165, 1.54) is 32.0 Å². The fourth-order valence-corrected chi connectivity index (χ4v) is 5.47. The zero-order chi connectivity index (χ0) is 25.8. The van der Waals surface area contributed by atoms with E-state index in [0.29, 0.717) is 29.1 Å². The summed E-state index contributed by atoms with van der Waals surface area (Å²) in [4.78, 5) is 23.5. The fraction of sp³-hybridized carbons (Fsp3) is 0.483. The number of hydrogen-bond acceptors (Lipinski definition) is 7. The van der Waals surface area contributed by atoms with Gasteiger partial charge in [-0.3, -0.25) is 4.79 Å². The normalized spacial score (nSPS) is 16.7. The molecular weight excluding hydrogens is 468 g/mol. The number of amides is 1. The average molecular weight is 505 g/mol. The van der Waals surface area contributed by atoms with Crippen LogP contribution in [0.15, 0.2) is 36.7 Å². The molecule has 196 valence electrons. The van der Waals surface area contributed by atoms with Crippen LogP contribution in [0.4, 0.5) is 11.5 Å². The Morgan fingerprint density at radius 1 is 0.973 bits per heavy atom. The molecule has 1 saturated carbocycles. The van der Waals surface area contributed by atoms with Crippen molar-refractivity contribution in [1.82, 2.24) is 14.9 Å². The molecule has 0 spiro atoms. The topological polar surface area (TPSA) is 85.8 Å². The first kappa shape index (κ1) is 25.1. The Labute approximate surface area is 218 Å². The smallest absolute Gasteiger partial charge is 0.222 e. The molecule has 5 rings (SSSR count). The Hall–Kier alpha value is -3.55. The van der Waals surface area contributed by atoms with E-state index in [0.717, 1.165) is 60.3 Å². The second-order valence-electron chi connectivity index (χ2n) is 10.1. The summed E-state index contributed by atoms with van der Waals surface area (Å²) in [6.07, 6.45) is 9.11. The highest BCUT2D eigenvalue weighted by molar-refractivity contribution is 5.93. The summed E-state index contributed by atoms with van der Waals surface area (Å²) in [7, 11) is 3.22. The van der Waals surface area contributed by atoms with E-state index in [2.05, 4.69) is 21.4 Å². The highest BCUT2D eigenvalue weighted by Crippen LogP contribution is 2.35. The van der Waals surface area contributed by atoms with Gasteiger partial charge in [0.05, 0.1) is 19.7 Å². The maximum atomic E-state index is 12.7. The first-order valence-electron chi connectivity index (χ1n) is 13.2. The number of aromatic nitrogens is 2. The van der Waals surface area contributed by atoms with Crippen molar-refractivity contribution in [2.75, 3.05) is 32.6 Å². The summed E-state index contributed by atoms with van der Waals surface area (Å²) < 4.78 is 17.2. The average Bonchev–Trinajstić information content (AvgIpc) is 3.43. The molecule has 1 aliphatic carbocycles. The number of benzene rings is 2. The lowest BCUT2D eigenvalue weighted by molar-refractivity contribution is -0.134. The molecule has 2 heterocycles. The van der Waals surface area contributed by atoms with Crippen molar-refractivity contribution in [3.63, 3.8) is 0 Å². The molecule has 0 unspecified atom stereocenters. The molecule has 2 fully saturated rings. The van der Waals surface area contributed by atoms with E-state index in [9.17, 15) is 4.79 Å². The number of carbonyl (C=O) groups is 1. The van der Waals surface area contributed by atoms with Gasteiger partial charge in [-0.2, -0.15) is 0 Å². The predicted molar refractivity (Wildman–Crippen MR) is 144 cm³/mol. The SMILES string of the molecule is COc1cc2ncnc(Nc3ccc(OC4CCN(C(=O)CC5CCCC5)CC4)c(C)c3)c2cc1OC. The first-order valence-corrected chi connectivity index (χ1v) is 13.2. The number of rotatable bonds is 8. The number of anilines is 2. The molecule has 1 amide bonds. The monoisotopic (exact) mass is 504 g/mol. The van der Waals surface area contributed by atoms with Gasteiger partial charge in [0.1, 0.15) is 24.0 Å². The van der Waals surface area contributed by atoms with Crippen LogP contribution in [0.1, 0.15) is 50.5 Å². The Morgan fingerprint density at radius 3 is 2.41 bits per heavy atom. The molecule has 2 aromatic carbocycles. The molecule has 0 atom stereocenters. The quantitative estimate of drug-likeness (QED) is 0.424. The number of carbonyl (C=O) groups excluding carboxylic acids is 1. The minimum atomic E-state index is 0.126. The minimum Gasteiger partial charge on any atom is -0.493 e. The number of fused-ring (bicyclic) bond motifs is 1. The Kier molecular flexibility index (Phi) is 7.63. The molecule has 8 heteroatoms. The van der Waals surface area contributed by atoms with Crippen molar-refractivity contribution in [1.29, 1.82) is 0 Å². The molecule has 1 aliphatic heterocycles. The molecule has 37 heavy (non-hydrogen) atoms. The summed E-state index contributed by atoms with van der Waals surface area (Å²) in [5.41, 5.74) is 2.72. The van der Waals surface area contributed by atoms with Gasteiger partial charge in [-0.1, -0.05) is 12.8 Å². The summed E-state index contributed by atoms with van der Waals surface area (Å²) in [5.74, 6) is 3.74. The van der Waals surface area contributed by atoms with E-state index >= 15 is 0 Å².